The number of benzene rings is 2. The molecule has 0 atom stereocenters. The van der Waals surface area contributed by atoms with Crippen molar-refractivity contribution in [3.05, 3.63) is 89.6 Å². The van der Waals surface area contributed by atoms with E-state index in [1.54, 1.807) is 0 Å². The molecule has 0 saturated carbocycles. The minimum atomic E-state index is 0.271. The first-order valence-corrected chi connectivity index (χ1v) is 11.6. The molecule has 176 valence electrons. The van der Waals surface area contributed by atoms with E-state index in [1.165, 1.54) is 5.56 Å². The number of hydrogen-bond acceptors (Lipinski definition) is 4. The van der Waals surface area contributed by atoms with Crippen LogP contribution in [0.25, 0.3) is 11.3 Å². The first-order chi connectivity index (χ1) is 16.6. The van der Waals surface area contributed by atoms with Gasteiger partial charge in [-0.05, 0) is 30.0 Å². The van der Waals surface area contributed by atoms with Gasteiger partial charge in [-0.2, -0.15) is 5.10 Å². The molecule has 0 saturated heterocycles. The Bertz CT molecular complexity index is 1130. The first-order valence-electron chi connectivity index (χ1n) is 11.6. The van der Waals surface area contributed by atoms with Gasteiger partial charge in [-0.15, -0.1) is 0 Å². The summed E-state index contributed by atoms with van der Waals surface area (Å²) in [7, 11) is 0. The van der Waals surface area contributed by atoms with Crippen molar-refractivity contribution in [1.29, 1.82) is 0 Å². The van der Waals surface area contributed by atoms with Crippen LogP contribution in [-0.2, 0) is 13.0 Å². The summed E-state index contributed by atoms with van der Waals surface area (Å²) < 4.78 is 0. The highest BCUT2D eigenvalue weighted by molar-refractivity contribution is 6.02. The summed E-state index contributed by atoms with van der Waals surface area (Å²) in [6, 6.07) is 22.0. The Morgan fingerprint density at radius 3 is 2.35 bits per heavy atom. The molecule has 7 heteroatoms. The fraction of sp³-hybridized carbons (Fsp3) is 0.259. The monoisotopic (exact) mass is 455 g/mol. The molecule has 0 aliphatic heterocycles. The average Bonchev–Trinajstić information content (AvgIpc) is 2.89. The number of nitrogens with zero attached hydrogens (tertiary/aromatic N) is 4. The number of aliphatic imine (C=N–C) groups is 2. The molecule has 0 unspecified atom stereocenters. The largest absolute Gasteiger partial charge is 0.387 e. The van der Waals surface area contributed by atoms with E-state index < -0.39 is 0 Å². The molecule has 0 fully saturated rings. The van der Waals surface area contributed by atoms with Gasteiger partial charge in [-0.1, -0.05) is 74.0 Å². The van der Waals surface area contributed by atoms with Crippen LogP contribution in [0.4, 0.5) is 0 Å². The van der Waals surface area contributed by atoms with Gasteiger partial charge in [0.25, 0.3) is 0 Å². The Hall–Kier alpha value is -4.00. The molecule has 0 amide bonds. The van der Waals surface area contributed by atoms with Crippen molar-refractivity contribution < 1.29 is 0 Å². The Kier molecular flexibility index (Phi) is 9.34. The Morgan fingerprint density at radius 1 is 0.882 bits per heavy atom. The van der Waals surface area contributed by atoms with Crippen LogP contribution in [0.15, 0.2) is 88.0 Å². The van der Waals surface area contributed by atoms with Gasteiger partial charge >= 0.3 is 0 Å². The van der Waals surface area contributed by atoms with Crippen molar-refractivity contribution in [2.45, 2.75) is 45.6 Å². The highest BCUT2D eigenvalue weighted by Gasteiger charge is 2.09. The van der Waals surface area contributed by atoms with Crippen LogP contribution in [0.2, 0.25) is 0 Å². The molecule has 34 heavy (non-hydrogen) atoms. The summed E-state index contributed by atoms with van der Waals surface area (Å²) in [4.78, 5) is 14.0. The molecular weight excluding hydrogens is 422 g/mol. The molecule has 2 aromatic carbocycles. The molecule has 6 N–H and O–H groups in total. The first kappa shape index (κ1) is 24.6. The Labute approximate surface area is 201 Å². The van der Waals surface area contributed by atoms with E-state index >= 15 is 0 Å². The summed E-state index contributed by atoms with van der Waals surface area (Å²) in [5.74, 6) is 7.04. The number of amidine groups is 3. The van der Waals surface area contributed by atoms with E-state index in [9.17, 15) is 0 Å². The Morgan fingerprint density at radius 2 is 1.65 bits per heavy atom. The molecule has 3 rings (SSSR count). The molecule has 1 aromatic heterocycles. The van der Waals surface area contributed by atoms with Crippen LogP contribution in [0, 0.1) is 0 Å². The van der Waals surface area contributed by atoms with Gasteiger partial charge < -0.3 is 17.3 Å². The van der Waals surface area contributed by atoms with Crippen LogP contribution in [0.3, 0.4) is 0 Å². The van der Waals surface area contributed by atoms with Gasteiger partial charge in [-0.3, -0.25) is 9.98 Å². The van der Waals surface area contributed by atoms with E-state index in [2.05, 4.69) is 34.1 Å². The van der Waals surface area contributed by atoms with Gasteiger partial charge in [0, 0.05) is 30.2 Å². The molecule has 0 radical (unpaired) electrons. The number of pyridine rings is 1. The van der Waals surface area contributed by atoms with Gasteiger partial charge in [0.05, 0.1) is 12.2 Å². The van der Waals surface area contributed by atoms with Gasteiger partial charge in [0.15, 0.2) is 5.84 Å². The van der Waals surface area contributed by atoms with Gasteiger partial charge in [-0.25, -0.2) is 4.99 Å². The van der Waals surface area contributed by atoms with Crippen molar-refractivity contribution in [1.82, 2.24) is 4.98 Å². The fourth-order valence-electron chi connectivity index (χ4n) is 3.51. The van der Waals surface area contributed by atoms with Crippen molar-refractivity contribution in [2.75, 3.05) is 0 Å². The smallest absolute Gasteiger partial charge is 0.150 e. The van der Waals surface area contributed by atoms with Crippen molar-refractivity contribution >= 4 is 17.5 Å². The Balaban J connectivity index is 1.76. The van der Waals surface area contributed by atoms with Crippen molar-refractivity contribution in [2.24, 2.45) is 32.4 Å². The number of rotatable bonds is 10. The highest BCUT2D eigenvalue weighted by atomic mass is 15.2. The van der Waals surface area contributed by atoms with Crippen molar-refractivity contribution in [3.63, 3.8) is 0 Å². The van der Waals surface area contributed by atoms with Gasteiger partial charge in [0.2, 0.25) is 0 Å². The minimum absolute atomic E-state index is 0.271. The van der Waals surface area contributed by atoms with Gasteiger partial charge in [0.1, 0.15) is 11.7 Å². The zero-order valence-electron chi connectivity index (χ0n) is 19.7. The zero-order valence-corrected chi connectivity index (χ0v) is 19.7. The standard InChI is InChI=1S/C27H33N7/c1-2-3-13-25(28)33-26(17-15-20-9-5-4-6-10-20)32-19-21-14-16-24(31-18-21)22-11-7-8-12-23(22)27(29)34-30/h4-12,14,16,18H,2-3,13,15,17,19,30H2,1H3,(H2,29,34)(H2,28,32,33). The second kappa shape index (κ2) is 12.9. The summed E-state index contributed by atoms with van der Waals surface area (Å²) >= 11 is 0. The summed E-state index contributed by atoms with van der Waals surface area (Å²) in [6.45, 7) is 2.62. The lowest BCUT2D eigenvalue weighted by Crippen LogP contribution is -2.16. The van der Waals surface area contributed by atoms with Crippen LogP contribution in [0.5, 0.6) is 0 Å². The predicted octanol–water partition coefficient (Wildman–Crippen LogP) is 4.41. The third kappa shape index (κ3) is 7.27. The van der Waals surface area contributed by atoms with E-state index in [4.69, 9.17) is 22.3 Å². The van der Waals surface area contributed by atoms with E-state index in [1.807, 2.05) is 60.8 Å². The molecule has 0 aliphatic carbocycles. The summed E-state index contributed by atoms with van der Waals surface area (Å²) in [6.07, 6.45) is 6.30. The van der Waals surface area contributed by atoms with Crippen LogP contribution < -0.4 is 17.3 Å². The molecule has 0 bridgehead atoms. The topological polar surface area (TPSA) is 128 Å². The highest BCUT2D eigenvalue weighted by Crippen LogP contribution is 2.22. The molecule has 0 spiro atoms. The summed E-state index contributed by atoms with van der Waals surface area (Å²) in [5.41, 5.74) is 16.8. The van der Waals surface area contributed by atoms with E-state index in [-0.39, 0.29) is 5.84 Å². The lowest BCUT2D eigenvalue weighted by atomic mass is 10.0. The number of aromatic nitrogens is 1. The lowest BCUT2D eigenvalue weighted by Gasteiger charge is -2.09. The maximum atomic E-state index is 6.16. The molecule has 7 nitrogen and oxygen atoms in total. The number of aryl methyl sites for hydroxylation is 1. The zero-order chi connectivity index (χ0) is 24.2. The predicted molar refractivity (Wildman–Crippen MR) is 142 cm³/mol. The third-order valence-corrected chi connectivity index (χ3v) is 5.43. The summed E-state index contributed by atoms with van der Waals surface area (Å²) in [5, 5.41) is 3.62. The van der Waals surface area contributed by atoms with E-state index in [0.717, 1.165) is 60.3 Å². The number of nitrogens with two attached hydrogens (primary N) is 3. The maximum absolute atomic E-state index is 6.16. The third-order valence-electron chi connectivity index (χ3n) is 5.43. The molecule has 1 heterocycles. The second-order valence-electron chi connectivity index (χ2n) is 8.04. The van der Waals surface area contributed by atoms with Crippen LogP contribution in [0.1, 0.15) is 49.3 Å². The molecular formula is C27H33N7. The fourth-order valence-corrected chi connectivity index (χ4v) is 3.51. The van der Waals surface area contributed by atoms with Crippen LogP contribution in [-0.4, -0.2) is 22.5 Å². The molecule has 3 aromatic rings. The SMILES string of the molecule is CCCCC(N)=NC(CCc1ccccc1)=NCc1ccc(-c2ccccc2/C(N)=N/N)nc1. The minimum Gasteiger partial charge on any atom is -0.387 e. The van der Waals surface area contributed by atoms with Crippen molar-refractivity contribution in [3.8, 4) is 11.3 Å². The molecule has 0 aliphatic rings. The van der Waals surface area contributed by atoms with Crippen LogP contribution >= 0.6 is 0 Å². The average molecular weight is 456 g/mol. The maximum Gasteiger partial charge on any atom is 0.150 e. The second-order valence-corrected chi connectivity index (χ2v) is 8.04. The number of hydrogen-bond donors (Lipinski definition) is 3. The lowest BCUT2D eigenvalue weighted by molar-refractivity contribution is 0.831. The normalized spacial score (nSPS) is 12.7. The quantitative estimate of drug-likeness (QED) is 0.181. The number of hydrazone groups is 1. The van der Waals surface area contributed by atoms with E-state index in [0.29, 0.717) is 12.4 Å². The number of unbranched alkanes of at least 4 members (excludes halogenated alkanes) is 1.